The van der Waals surface area contributed by atoms with Crippen LogP contribution in [0, 0.1) is 20.8 Å². The number of hydrogen-bond donors (Lipinski definition) is 1. The van der Waals surface area contributed by atoms with Gasteiger partial charge in [-0.2, -0.15) is 0 Å². The van der Waals surface area contributed by atoms with E-state index in [1.165, 1.54) is 11.1 Å². The highest BCUT2D eigenvalue weighted by molar-refractivity contribution is 5.80. The summed E-state index contributed by atoms with van der Waals surface area (Å²) in [5.41, 5.74) is 6.58. The van der Waals surface area contributed by atoms with Crippen LogP contribution < -0.4 is 10.1 Å². The molecule has 5 nitrogen and oxygen atoms in total. The lowest BCUT2D eigenvalue weighted by molar-refractivity contribution is -0.121. The molecular formula is C28H31N3O2. The third-order valence-electron chi connectivity index (χ3n) is 6.12. The van der Waals surface area contributed by atoms with Crippen molar-refractivity contribution in [2.24, 2.45) is 0 Å². The van der Waals surface area contributed by atoms with Gasteiger partial charge in [-0.1, -0.05) is 42.5 Å². The van der Waals surface area contributed by atoms with Crippen LogP contribution in [0.5, 0.6) is 5.75 Å². The van der Waals surface area contributed by atoms with E-state index in [1.54, 1.807) is 0 Å². The molecule has 33 heavy (non-hydrogen) atoms. The number of rotatable bonds is 8. The van der Waals surface area contributed by atoms with E-state index in [0.29, 0.717) is 19.6 Å². The third-order valence-corrected chi connectivity index (χ3v) is 6.12. The smallest absolute Gasteiger partial charge is 0.225 e. The third kappa shape index (κ3) is 5.25. The second-order valence-electron chi connectivity index (χ2n) is 8.60. The van der Waals surface area contributed by atoms with E-state index in [1.807, 2.05) is 62.4 Å². The molecule has 0 bridgehead atoms. The molecule has 0 aliphatic rings. The zero-order valence-electron chi connectivity index (χ0n) is 19.8. The van der Waals surface area contributed by atoms with Gasteiger partial charge >= 0.3 is 0 Å². The summed E-state index contributed by atoms with van der Waals surface area (Å²) in [4.78, 5) is 17.6. The Morgan fingerprint density at radius 2 is 1.73 bits per heavy atom. The number of ether oxygens (including phenoxy) is 1. The van der Waals surface area contributed by atoms with Gasteiger partial charge in [0.2, 0.25) is 5.91 Å². The number of fused-ring (bicyclic) bond motifs is 1. The number of aryl methyl sites for hydroxylation is 3. The highest BCUT2D eigenvalue weighted by atomic mass is 16.5. The Morgan fingerprint density at radius 1 is 0.970 bits per heavy atom. The number of amides is 1. The van der Waals surface area contributed by atoms with Crippen molar-refractivity contribution in [1.29, 1.82) is 0 Å². The normalized spacial score (nSPS) is 12.0. The first-order valence-corrected chi connectivity index (χ1v) is 11.4. The predicted molar refractivity (Wildman–Crippen MR) is 133 cm³/mol. The quantitative estimate of drug-likeness (QED) is 0.395. The molecule has 0 aliphatic carbocycles. The summed E-state index contributed by atoms with van der Waals surface area (Å²) in [7, 11) is 0. The minimum absolute atomic E-state index is 0.0122. The van der Waals surface area contributed by atoms with Crippen LogP contribution in [0.1, 0.15) is 41.0 Å². The molecule has 4 rings (SSSR count). The number of carbonyl (C=O) groups excluding carboxylic acids is 1. The van der Waals surface area contributed by atoms with Gasteiger partial charge in [-0.15, -0.1) is 0 Å². The summed E-state index contributed by atoms with van der Waals surface area (Å²) in [6, 6.07) is 22.0. The maximum Gasteiger partial charge on any atom is 0.225 e. The Morgan fingerprint density at radius 3 is 2.52 bits per heavy atom. The van der Waals surface area contributed by atoms with Crippen LogP contribution in [0.2, 0.25) is 0 Å². The Hall–Kier alpha value is -3.60. The van der Waals surface area contributed by atoms with E-state index in [4.69, 9.17) is 9.72 Å². The molecule has 4 aromatic rings. The van der Waals surface area contributed by atoms with Crippen molar-refractivity contribution >= 4 is 16.9 Å². The molecule has 1 atom stereocenters. The monoisotopic (exact) mass is 441 g/mol. The maximum absolute atomic E-state index is 12.8. The number of nitrogens with zero attached hydrogens (tertiary/aromatic N) is 2. The SMILES string of the molecule is Cc1ccc(OCCn2c(C(C)NC(=O)Cc3ccccc3C)nc3ccccc32)cc1C. The van der Waals surface area contributed by atoms with Crippen molar-refractivity contribution in [2.45, 2.75) is 46.7 Å². The fourth-order valence-corrected chi connectivity index (χ4v) is 4.06. The molecule has 1 heterocycles. The molecule has 1 N–H and O–H groups in total. The van der Waals surface area contributed by atoms with Crippen molar-refractivity contribution in [3.63, 3.8) is 0 Å². The largest absolute Gasteiger partial charge is 0.492 e. The van der Waals surface area contributed by atoms with Crippen molar-refractivity contribution in [3.8, 4) is 5.75 Å². The molecule has 5 heteroatoms. The minimum Gasteiger partial charge on any atom is -0.492 e. The van der Waals surface area contributed by atoms with E-state index >= 15 is 0 Å². The zero-order valence-corrected chi connectivity index (χ0v) is 19.8. The van der Waals surface area contributed by atoms with E-state index in [9.17, 15) is 4.79 Å². The van der Waals surface area contributed by atoms with Gasteiger partial charge in [0.1, 0.15) is 18.2 Å². The lowest BCUT2D eigenvalue weighted by Crippen LogP contribution is -2.30. The van der Waals surface area contributed by atoms with E-state index < -0.39 is 0 Å². The highest BCUT2D eigenvalue weighted by Crippen LogP contribution is 2.22. The first kappa shape index (κ1) is 22.6. The number of carbonyl (C=O) groups is 1. The number of aromatic nitrogens is 2. The van der Waals surface area contributed by atoms with Gasteiger partial charge in [0.25, 0.3) is 0 Å². The molecular weight excluding hydrogens is 410 g/mol. The van der Waals surface area contributed by atoms with E-state index in [2.05, 4.69) is 41.9 Å². The molecule has 0 saturated carbocycles. The molecule has 1 amide bonds. The molecule has 0 aliphatic heterocycles. The van der Waals surface area contributed by atoms with Crippen molar-refractivity contribution in [1.82, 2.24) is 14.9 Å². The second kappa shape index (κ2) is 9.90. The Bertz CT molecular complexity index is 1280. The van der Waals surface area contributed by atoms with E-state index in [-0.39, 0.29) is 11.9 Å². The lowest BCUT2D eigenvalue weighted by Gasteiger charge is -2.17. The van der Waals surface area contributed by atoms with Gasteiger partial charge in [-0.25, -0.2) is 4.98 Å². The molecule has 0 fully saturated rings. The summed E-state index contributed by atoms with van der Waals surface area (Å²) >= 11 is 0. The van der Waals surface area contributed by atoms with Gasteiger partial charge in [0.15, 0.2) is 0 Å². The first-order chi connectivity index (χ1) is 15.9. The fourth-order valence-electron chi connectivity index (χ4n) is 4.06. The van der Waals surface area contributed by atoms with E-state index in [0.717, 1.165) is 33.7 Å². The van der Waals surface area contributed by atoms with Crippen LogP contribution >= 0.6 is 0 Å². The maximum atomic E-state index is 12.8. The second-order valence-corrected chi connectivity index (χ2v) is 8.60. The van der Waals surface area contributed by atoms with Gasteiger partial charge < -0.3 is 14.6 Å². The summed E-state index contributed by atoms with van der Waals surface area (Å²) in [5.74, 6) is 1.68. The zero-order chi connectivity index (χ0) is 23.4. The summed E-state index contributed by atoms with van der Waals surface area (Å²) < 4.78 is 8.18. The number of imidazole rings is 1. The number of hydrogen-bond acceptors (Lipinski definition) is 3. The summed E-state index contributed by atoms with van der Waals surface area (Å²) in [6.45, 7) is 9.35. The van der Waals surface area contributed by atoms with Gasteiger partial charge in [-0.05, 0) is 74.2 Å². The number of nitrogens with one attached hydrogen (secondary N) is 1. The van der Waals surface area contributed by atoms with Crippen molar-refractivity contribution in [3.05, 3.63) is 94.8 Å². The van der Waals surface area contributed by atoms with Crippen LogP contribution in [-0.4, -0.2) is 22.1 Å². The van der Waals surface area contributed by atoms with Gasteiger partial charge in [0, 0.05) is 0 Å². The average Bonchev–Trinajstić information content (AvgIpc) is 3.17. The predicted octanol–water partition coefficient (Wildman–Crippen LogP) is 5.46. The molecule has 1 unspecified atom stereocenters. The van der Waals surface area contributed by atoms with Crippen LogP contribution in [0.3, 0.4) is 0 Å². The first-order valence-electron chi connectivity index (χ1n) is 11.4. The van der Waals surface area contributed by atoms with Gasteiger partial charge in [-0.3, -0.25) is 4.79 Å². The summed E-state index contributed by atoms with van der Waals surface area (Å²) in [5, 5.41) is 3.13. The standard InChI is InChI=1S/C28H31N3O2/c1-19-13-14-24(17-21(19)3)33-16-15-31-26-12-8-7-11-25(26)30-28(31)22(4)29-27(32)18-23-10-6-5-9-20(23)2/h5-14,17,22H,15-16,18H2,1-4H3,(H,29,32). The van der Waals surface area contributed by atoms with Crippen molar-refractivity contribution in [2.75, 3.05) is 6.61 Å². The van der Waals surface area contributed by atoms with Gasteiger partial charge in [0.05, 0.1) is 30.0 Å². The highest BCUT2D eigenvalue weighted by Gasteiger charge is 2.19. The molecule has 0 saturated heterocycles. The Labute approximate surface area is 195 Å². The topological polar surface area (TPSA) is 56.1 Å². The molecule has 170 valence electrons. The fraction of sp³-hybridized carbons (Fsp3) is 0.286. The summed E-state index contributed by atoms with van der Waals surface area (Å²) in [6.07, 6.45) is 0.354. The molecule has 3 aromatic carbocycles. The average molecular weight is 442 g/mol. The Kier molecular flexibility index (Phi) is 6.78. The number of para-hydroxylation sites is 2. The minimum atomic E-state index is -0.226. The molecule has 0 spiro atoms. The molecule has 1 aromatic heterocycles. The number of benzene rings is 3. The van der Waals surface area contributed by atoms with Crippen LogP contribution in [-0.2, 0) is 17.8 Å². The van der Waals surface area contributed by atoms with Crippen molar-refractivity contribution < 1.29 is 9.53 Å². The van der Waals surface area contributed by atoms with Crippen LogP contribution in [0.4, 0.5) is 0 Å². The lowest BCUT2D eigenvalue weighted by atomic mass is 10.1. The van der Waals surface area contributed by atoms with Crippen LogP contribution in [0.25, 0.3) is 11.0 Å². The van der Waals surface area contributed by atoms with Crippen LogP contribution in [0.15, 0.2) is 66.7 Å². The Balaban J connectivity index is 1.49. The molecule has 0 radical (unpaired) electrons.